The van der Waals surface area contributed by atoms with Crippen molar-refractivity contribution in [1.82, 2.24) is 10.8 Å². The van der Waals surface area contributed by atoms with E-state index in [0.717, 1.165) is 23.2 Å². The molecule has 2 aromatic carbocycles. The lowest BCUT2D eigenvalue weighted by molar-refractivity contribution is -0.133. The number of benzene rings is 2. The summed E-state index contributed by atoms with van der Waals surface area (Å²) in [5.74, 6) is -1.08. The molecule has 0 aliphatic carbocycles. The summed E-state index contributed by atoms with van der Waals surface area (Å²) in [6, 6.07) is 12.9. The van der Waals surface area contributed by atoms with Crippen LogP contribution in [-0.2, 0) is 9.59 Å². The Bertz CT molecular complexity index is 924. The van der Waals surface area contributed by atoms with Crippen molar-refractivity contribution >= 4 is 23.4 Å². The maximum atomic E-state index is 12.4. The predicted molar refractivity (Wildman–Crippen MR) is 122 cm³/mol. The number of aliphatic hydroxyl groups excluding tert-OH is 1. The molecule has 8 nitrogen and oxygen atoms in total. The Hall–Kier alpha value is -3.23. The first-order chi connectivity index (χ1) is 15.1. The zero-order valence-electron chi connectivity index (χ0n) is 18.8. The molecule has 0 saturated heterocycles. The number of rotatable bonds is 9. The van der Waals surface area contributed by atoms with Crippen LogP contribution in [0.25, 0.3) is 11.1 Å². The Labute approximate surface area is 188 Å². The number of amides is 3. The molecule has 8 heteroatoms. The molecule has 0 aliphatic rings. The molecule has 0 radical (unpaired) electrons. The molecule has 0 fully saturated rings. The molecule has 0 aliphatic heterocycles. The van der Waals surface area contributed by atoms with Gasteiger partial charge in [-0.25, -0.2) is 5.48 Å². The minimum absolute atomic E-state index is 0.00723. The number of hydrogen-bond acceptors (Lipinski definition) is 5. The van der Waals surface area contributed by atoms with Crippen molar-refractivity contribution in [2.24, 2.45) is 11.8 Å². The Kier molecular flexibility index (Phi) is 8.92. The number of carbonyl (C=O) groups excluding carboxylic acids is 3. The van der Waals surface area contributed by atoms with Crippen molar-refractivity contribution < 1.29 is 24.7 Å². The third-order valence-corrected chi connectivity index (χ3v) is 5.07. The SMILES string of the molecule is CC(C)C[C@H](C)C(=O)Nc1ccc(-c2ccc(C(=O)N[C@H](C(=O)NO)[C@@H](C)O)cc2)cc1. The largest absolute Gasteiger partial charge is 0.391 e. The van der Waals surface area contributed by atoms with E-state index in [2.05, 4.69) is 24.5 Å². The highest BCUT2D eigenvalue weighted by atomic mass is 16.5. The molecule has 0 heterocycles. The maximum Gasteiger partial charge on any atom is 0.268 e. The van der Waals surface area contributed by atoms with Crippen LogP contribution in [0, 0.1) is 11.8 Å². The van der Waals surface area contributed by atoms with E-state index >= 15 is 0 Å². The number of carbonyl (C=O) groups is 3. The molecule has 0 aromatic heterocycles. The lowest BCUT2D eigenvalue weighted by Crippen LogP contribution is -2.51. The lowest BCUT2D eigenvalue weighted by atomic mass is 9.98. The summed E-state index contributed by atoms with van der Waals surface area (Å²) < 4.78 is 0. The van der Waals surface area contributed by atoms with Gasteiger partial charge in [0.2, 0.25) is 5.91 Å². The average molecular weight is 442 g/mol. The van der Waals surface area contributed by atoms with E-state index in [0.29, 0.717) is 11.5 Å². The van der Waals surface area contributed by atoms with Gasteiger partial charge in [0.15, 0.2) is 0 Å². The molecule has 0 unspecified atom stereocenters. The second-order valence-electron chi connectivity index (χ2n) is 8.34. The second kappa shape index (κ2) is 11.4. The summed E-state index contributed by atoms with van der Waals surface area (Å²) in [5.41, 5.74) is 4.22. The van der Waals surface area contributed by atoms with E-state index in [9.17, 15) is 19.5 Å². The van der Waals surface area contributed by atoms with Crippen LogP contribution in [0.2, 0.25) is 0 Å². The van der Waals surface area contributed by atoms with Gasteiger partial charge in [-0.2, -0.15) is 0 Å². The third kappa shape index (κ3) is 6.90. The smallest absolute Gasteiger partial charge is 0.268 e. The molecule has 3 amide bonds. The van der Waals surface area contributed by atoms with E-state index in [-0.39, 0.29) is 11.8 Å². The summed E-state index contributed by atoms with van der Waals surface area (Å²) in [7, 11) is 0. The van der Waals surface area contributed by atoms with Gasteiger partial charge in [0.25, 0.3) is 11.8 Å². The van der Waals surface area contributed by atoms with Gasteiger partial charge in [0.1, 0.15) is 6.04 Å². The molecule has 3 atom stereocenters. The Balaban J connectivity index is 2.04. The van der Waals surface area contributed by atoms with E-state index in [1.54, 1.807) is 24.3 Å². The van der Waals surface area contributed by atoms with Gasteiger partial charge >= 0.3 is 0 Å². The van der Waals surface area contributed by atoms with Crippen LogP contribution in [-0.4, -0.2) is 40.2 Å². The summed E-state index contributed by atoms with van der Waals surface area (Å²) in [6.45, 7) is 7.43. The summed E-state index contributed by atoms with van der Waals surface area (Å²) in [5, 5.41) is 23.7. The fourth-order valence-electron chi connectivity index (χ4n) is 3.34. The Morgan fingerprint density at radius 3 is 1.84 bits per heavy atom. The molecular weight excluding hydrogens is 410 g/mol. The van der Waals surface area contributed by atoms with Crippen molar-refractivity contribution in [3.63, 3.8) is 0 Å². The highest BCUT2D eigenvalue weighted by Gasteiger charge is 2.25. The Morgan fingerprint density at radius 1 is 0.844 bits per heavy atom. The molecule has 0 bridgehead atoms. The van der Waals surface area contributed by atoms with Crippen LogP contribution in [0.1, 0.15) is 44.5 Å². The maximum absolute atomic E-state index is 12.4. The van der Waals surface area contributed by atoms with Crippen LogP contribution in [0.3, 0.4) is 0 Å². The fraction of sp³-hybridized carbons (Fsp3) is 0.375. The van der Waals surface area contributed by atoms with Gasteiger partial charge in [0, 0.05) is 17.2 Å². The first kappa shape index (κ1) is 25.0. The zero-order chi connectivity index (χ0) is 23.8. The monoisotopic (exact) mass is 441 g/mol. The van der Waals surface area contributed by atoms with Crippen molar-refractivity contribution in [2.75, 3.05) is 5.32 Å². The van der Waals surface area contributed by atoms with E-state index in [1.165, 1.54) is 12.4 Å². The number of hydrogen-bond donors (Lipinski definition) is 5. The van der Waals surface area contributed by atoms with Gasteiger partial charge < -0.3 is 15.7 Å². The number of anilines is 1. The first-order valence-corrected chi connectivity index (χ1v) is 10.6. The van der Waals surface area contributed by atoms with E-state index < -0.39 is 24.0 Å². The van der Waals surface area contributed by atoms with Crippen molar-refractivity contribution in [3.05, 3.63) is 54.1 Å². The highest BCUT2D eigenvalue weighted by molar-refractivity contribution is 5.98. The van der Waals surface area contributed by atoms with Gasteiger partial charge in [-0.05, 0) is 54.7 Å². The van der Waals surface area contributed by atoms with Crippen molar-refractivity contribution in [3.8, 4) is 11.1 Å². The van der Waals surface area contributed by atoms with Gasteiger partial charge in [-0.3, -0.25) is 19.6 Å². The van der Waals surface area contributed by atoms with Crippen LogP contribution < -0.4 is 16.1 Å². The average Bonchev–Trinajstić information content (AvgIpc) is 2.76. The molecule has 0 spiro atoms. The van der Waals surface area contributed by atoms with Crippen molar-refractivity contribution in [1.29, 1.82) is 0 Å². The summed E-state index contributed by atoms with van der Waals surface area (Å²) >= 11 is 0. The molecule has 32 heavy (non-hydrogen) atoms. The van der Waals surface area contributed by atoms with Gasteiger partial charge in [-0.15, -0.1) is 0 Å². The van der Waals surface area contributed by atoms with Crippen LogP contribution >= 0.6 is 0 Å². The summed E-state index contributed by atoms with van der Waals surface area (Å²) in [6.07, 6.45) is -0.357. The quantitative estimate of drug-likeness (QED) is 0.302. The number of hydroxylamine groups is 1. The summed E-state index contributed by atoms with van der Waals surface area (Å²) in [4.78, 5) is 36.2. The predicted octanol–water partition coefficient (Wildman–Crippen LogP) is 2.96. The molecule has 2 aromatic rings. The topological polar surface area (TPSA) is 128 Å². The third-order valence-electron chi connectivity index (χ3n) is 5.07. The molecular formula is C24H31N3O5. The van der Waals surface area contributed by atoms with Gasteiger partial charge in [-0.1, -0.05) is 45.0 Å². The minimum atomic E-state index is -1.28. The Morgan fingerprint density at radius 2 is 1.38 bits per heavy atom. The van der Waals surface area contributed by atoms with E-state index in [1.807, 2.05) is 31.2 Å². The standard InChI is InChI=1S/C24H31N3O5/c1-14(2)13-15(3)22(29)25-20-11-9-18(10-12-20)17-5-7-19(8-6-17)23(30)26-21(16(4)28)24(31)27-32/h5-12,14-16,21,28,32H,13H2,1-4H3,(H,25,29)(H,26,30)(H,27,31)/t15-,16+,21-/m0/s1. The molecule has 172 valence electrons. The van der Waals surface area contributed by atoms with Crippen molar-refractivity contribution in [2.45, 2.75) is 46.3 Å². The second-order valence-corrected chi connectivity index (χ2v) is 8.34. The fourth-order valence-corrected chi connectivity index (χ4v) is 3.34. The molecule has 0 saturated carbocycles. The normalized spacial score (nSPS) is 13.7. The van der Waals surface area contributed by atoms with E-state index in [4.69, 9.17) is 5.21 Å². The zero-order valence-corrected chi connectivity index (χ0v) is 18.8. The molecule has 5 N–H and O–H groups in total. The highest BCUT2D eigenvalue weighted by Crippen LogP contribution is 2.23. The lowest BCUT2D eigenvalue weighted by Gasteiger charge is -2.19. The first-order valence-electron chi connectivity index (χ1n) is 10.6. The van der Waals surface area contributed by atoms with Crippen LogP contribution in [0.15, 0.2) is 48.5 Å². The number of aliphatic hydroxyl groups is 1. The number of nitrogens with one attached hydrogen (secondary N) is 3. The van der Waals surface area contributed by atoms with Crippen LogP contribution in [0.5, 0.6) is 0 Å². The van der Waals surface area contributed by atoms with Gasteiger partial charge in [0.05, 0.1) is 6.10 Å². The molecule has 2 rings (SSSR count). The van der Waals surface area contributed by atoms with Crippen LogP contribution in [0.4, 0.5) is 5.69 Å². The minimum Gasteiger partial charge on any atom is -0.391 e.